The third-order valence-electron chi connectivity index (χ3n) is 2.08. The summed E-state index contributed by atoms with van der Waals surface area (Å²) in [7, 11) is 0. The van der Waals surface area contributed by atoms with Gasteiger partial charge in [0.25, 0.3) is 0 Å². The first kappa shape index (κ1) is 11.6. The monoisotopic (exact) mass is 206 g/mol. The van der Waals surface area contributed by atoms with Gasteiger partial charge < -0.3 is 10.2 Å². The molecule has 1 aromatic carbocycles. The minimum Gasteiger partial charge on any atom is -0.392 e. The molecule has 0 bridgehead atoms. The molecule has 0 atom stereocenters. The maximum absolute atomic E-state index is 10.7. The summed E-state index contributed by atoms with van der Waals surface area (Å²) >= 11 is 0. The van der Waals surface area contributed by atoms with Crippen molar-refractivity contribution in [1.82, 2.24) is 0 Å². The number of aliphatic hydroxyl groups excluding tert-OH is 2. The van der Waals surface area contributed by atoms with Gasteiger partial charge >= 0.3 is 0 Å². The van der Waals surface area contributed by atoms with Crippen molar-refractivity contribution in [3.05, 3.63) is 41.0 Å². The Morgan fingerprint density at radius 2 is 1.93 bits per heavy atom. The zero-order valence-electron chi connectivity index (χ0n) is 8.60. The molecule has 80 valence electrons. The fourth-order valence-corrected chi connectivity index (χ4v) is 1.26. The number of carbonyl (C=O) groups excluding carboxylic acids is 1. The van der Waals surface area contributed by atoms with E-state index in [4.69, 9.17) is 10.2 Å². The van der Waals surface area contributed by atoms with E-state index in [2.05, 4.69) is 0 Å². The topological polar surface area (TPSA) is 57.5 Å². The van der Waals surface area contributed by atoms with Gasteiger partial charge in [-0.2, -0.15) is 0 Å². The van der Waals surface area contributed by atoms with Crippen LogP contribution < -0.4 is 0 Å². The van der Waals surface area contributed by atoms with E-state index in [1.807, 2.05) is 0 Å². The van der Waals surface area contributed by atoms with Crippen LogP contribution in [0.25, 0.3) is 6.08 Å². The van der Waals surface area contributed by atoms with Crippen LogP contribution in [-0.2, 0) is 18.0 Å². The lowest BCUT2D eigenvalue weighted by molar-refractivity contribution is -0.112. The van der Waals surface area contributed by atoms with Gasteiger partial charge in [0.15, 0.2) is 5.78 Å². The van der Waals surface area contributed by atoms with E-state index in [1.165, 1.54) is 13.0 Å². The highest BCUT2D eigenvalue weighted by atomic mass is 16.3. The van der Waals surface area contributed by atoms with E-state index >= 15 is 0 Å². The molecule has 0 fully saturated rings. The standard InChI is InChI=1S/C12H14O3/c1-9(15)2-3-10-4-5-11(7-13)12(6-10)8-14/h2-6,13-14H,7-8H2,1H3/b3-2+. The zero-order valence-corrected chi connectivity index (χ0v) is 8.60. The zero-order chi connectivity index (χ0) is 11.3. The van der Waals surface area contributed by atoms with Gasteiger partial charge in [0, 0.05) is 0 Å². The quantitative estimate of drug-likeness (QED) is 0.729. The molecule has 0 saturated heterocycles. The van der Waals surface area contributed by atoms with E-state index in [1.54, 1.807) is 24.3 Å². The van der Waals surface area contributed by atoms with E-state index in [-0.39, 0.29) is 19.0 Å². The predicted octanol–water partition coefficient (Wildman–Crippen LogP) is 1.27. The molecule has 0 unspecified atom stereocenters. The number of hydrogen-bond donors (Lipinski definition) is 2. The van der Waals surface area contributed by atoms with Crippen LogP contribution in [0.4, 0.5) is 0 Å². The van der Waals surface area contributed by atoms with Gasteiger partial charge in [-0.3, -0.25) is 4.79 Å². The number of carbonyl (C=O) groups is 1. The lowest BCUT2D eigenvalue weighted by atomic mass is 10.0. The summed E-state index contributed by atoms with van der Waals surface area (Å²) in [6, 6.07) is 5.29. The van der Waals surface area contributed by atoms with Gasteiger partial charge in [-0.1, -0.05) is 18.2 Å². The largest absolute Gasteiger partial charge is 0.392 e. The Morgan fingerprint density at radius 1 is 1.27 bits per heavy atom. The average Bonchev–Trinajstić information content (AvgIpc) is 2.25. The molecule has 0 heterocycles. The minimum atomic E-state index is -0.113. The van der Waals surface area contributed by atoms with Crippen molar-refractivity contribution in [2.24, 2.45) is 0 Å². The summed E-state index contributed by atoms with van der Waals surface area (Å²) in [4.78, 5) is 10.7. The molecule has 1 aromatic rings. The highest BCUT2D eigenvalue weighted by molar-refractivity contribution is 5.91. The van der Waals surface area contributed by atoms with Gasteiger partial charge in [0.05, 0.1) is 13.2 Å². The smallest absolute Gasteiger partial charge is 0.152 e. The van der Waals surface area contributed by atoms with Crippen molar-refractivity contribution in [2.45, 2.75) is 20.1 Å². The molecule has 0 aliphatic heterocycles. The molecule has 0 spiro atoms. The van der Waals surface area contributed by atoms with Crippen molar-refractivity contribution < 1.29 is 15.0 Å². The molecule has 1 rings (SSSR count). The van der Waals surface area contributed by atoms with Crippen LogP contribution in [0, 0.1) is 0 Å². The van der Waals surface area contributed by atoms with E-state index in [0.29, 0.717) is 11.1 Å². The molecule has 0 amide bonds. The fourth-order valence-electron chi connectivity index (χ4n) is 1.26. The molecule has 3 heteroatoms. The third-order valence-corrected chi connectivity index (χ3v) is 2.08. The van der Waals surface area contributed by atoms with Crippen molar-refractivity contribution in [2.75, 3.05) is 0 Å². The molecular weight excluding hydrogens is 192 g/mol. The Labute approximate surface area is 88.7 Å². The van der Waals surface area contributed by atoms with E-state index in [0.717, 1.165) is 5.56 Å². The highest BCUT2D eigenvalue weighted by Crippen LogP contribution is 2.13. The summed E-state index contributed by atoms with van der Waals surface area (Å²) in [5, 5.41) is 18.0. The van der Waals surface area contributed by atoms with Crippen molar-refractivity contribution in [3.63, 3.8) is 0 Å². The van der Waals surface area contributed by atoms with Crippen molar-refractivity contribution >= 4 is 11.9 Å². The normalized spacial score (nSPS) is 10.9. The molecule has 0 saturated carbocycles. The second-order valence-electron chi connectivity index (χ2n) is 3.29. The van der Waals surface area contributed by atoms with E-state index in [9.17, 15) is 4.79 Å². The maximum Gasteiger partial charge on any atom is 0.152 e. The van der Waals surface area contributed by atoms with Gasteiger partial charge in [-0.15, -0.1) is 0 Å². The Kier molecular flexibility index (Phi) is 4.21. The Bertz CT molecular complexity index is 380. The number of hydrogen-bond acceptors (Lipinski definition) is 3. The molecule has 0 aromatic heterocycles. The second-order valence-corrected chi connectivity index (χ2v) is 3.29. The number of ketones is 1. The third kappa shape index (κ3) is 3.31. The van der Waals surface area contributed by atoms with Crippen LogP contribution in [0.5, 0.6) is 0 Å². The van der Waals surface area contributed by atoms with Crippen LogP contribution in [-0.4, -0.2) is 16.0 Å². The average molecular weight is 206 g/mol. The van der Waals surface area contributed by atoms with Crippen LogP contribution in [0.3, 0.4) is 0 Å². The molecule has 2 N–H and O–H groups in total. The summed E-state index contributed by atoms with van der Waals surface area (Å²) in [5.74, 6) is -0.0215. The van der Waals surface area contributed by atoms with Crippen LogP contribution >= 0.6 is 0 Å². The minimum absolute atomic E-state index is 0.0215. The number of benzene rings is 1. The lowest BCUT2D eigenvalue weighted by Gasteiger charge is -2.05. The van der Waals surface area contributed by atoms with Crippen LogP contribution in [0.15, 0.2) is 24.3 Å². The maximum atomic E-state index is 10.7. The first-order valence-corrected chi connectivity index (χ1v) is 4.69. The first-order chi connectivity index (χ1) is 7.17. The predicted molar refractivity (Wildman–Crippen MR) is 58.0 cm³/mol. The van der Waals surface area contributed by atoms with Crippen LogP contribution in [0.1, 0.15) is 23.6 Å². The molecule has 3 nitrogen and oxygen atoms in total. The first-order valence-electron chi connectivity index (χ1n) is 4.69. The molecule has 0 aliphatic rings. The Morgan fingerprint density at radius 3 is 2.47 bits per heavy atom. The molecule has 0 aliphatic carbocycles. The summed E-state index contributed by atoms with van der Waals surface area (Å²) in [6.45, 7) is 1.27. The van der Waals surface area contributed by atoms with Gasteiger partial charge in [0.1, 0.15) is 0 Å². The Hall–Kier alpha value is -1.45. The van der Waals surface area contributed by atoms with Gasteiger partial charge in [-0.25, -0.2) is 0 Å². The molecule has 0 radical (unpaired) electrons. The van der Waals surface area contributed by atoms with Crippen LogP contribution in [0.2, 0.25) is 0 Å². The fraction of sp³-hybridized carbons (Fsp3) is 0.250. The second kappa shape index (κ2) is 5.44. The number of aliphatic hydroxyl groups is 2. The van der Waals surface area contributed by atoms with E-state index < -0.39 is 0 Å². The molecule has 15 heavy (non-hydrogen) atoms. The Balaban J connectivity index is 2.97. The summed E-state index contributed by atoms with van der Waals surface area (Å²) in [6.07, 6.45) is 3.15. The lowest BCUT2D eigenvalue weighted by Crippen LogP contribution is -1.94. The number of allylic oxidation sites excluding steroid dienone is 1. The number of rotatable bonds is 4. The molecular formula is C12H14O3. The summed E-state index contributed by atoms with van der Waals surface area (Å²) in [5.41, 5.74) is 2.23. The highest BCUT2D eigenvalue weighted by Gasteiger charge is 2.00. The SMILES string of the molecule is CC(=O)/C=C/c1ccc(CO)c(CO)c1. The van der Waals surface area contributed by atoms with Crippen molar-refractivity contribution in [1.29, 1.82) is 0 Å². The summed E-state index contributed by atoms with van der Waals surface area (Å²) < 4.78 is 0. The van der Waals surface area contributed by atoms with Crippen molar-refractivity contribution in [3.8, 4) is 0 Å². The van der Waals surface area contributed by atoms with Gasteiger partial charge in [0.2, 0.25) is 0 Å². The van der Waals surface area contributed by atoms with Gasteiger partial charge in [-0.05, 0) is 35.8 Å².